The summed E-state index contributed by atoms with van der Waals surface area (Å²) in [5.41, 5.74) is 0. The first-order chi connectivity index (χ1) is 4.79. The van der Waals surface area contributed by atoms with E-state index in [1.807, 2.05) is 0 Å². The van der Waals surface area contributed by atoms with Gasteiger partial charge in [0.25, 0.3) is 0 Å². The zero-order valence-corrected chi connectivity index (χ0v) is 5.49. The average Bonchev–Trinajstić information content (AvgIpc) is 1.88. The highest BCUT2D eigenvalue weighted by Gasteiger charge is 2.06. The Morgan fingerprint density at radius 2 is 2.60 bits per heavy atom. The van der Waals surface area contributed by atoms with E-state index in [2.05, 4.69) is 0 Å². The molecule has 0 radical (unpaired) electrons. The van der Waals surface area contributed by atoms with E-state index in [1.54, 1.807) is 11.1 Å². The molecule has 1 aliphatic rings. The van der Waals surface area contributed by atoms with E-state index < -0.39 is 5.97 Å². The normalized spacial score (nSPS) is 16.6. The molecule has 0 atom stereocenters. The van der Waals surface area contributed by atoms with Gasteiger partial charge in [-0.15, -0.1) is 0 Å². The van der Waals surface area contributed by atoms with Gasteiger partial charge in [-0.25, -0.2) is 0 Å². The zero-order valence-electron chi connectivity index (χ0n) is 5.49. The van der Waals surface area contributed by atoms with Gasteiger partial charge in [0.1, 0.15) is 13.2 Å². The molecule has 56 valence electrons. The number of hydrogen-bond donors (Lipinski definition) is 1. The van der Waals surface area contributed by atoms with E-state index in [9.17, 15) is 4.79 Å². The lowest BCUT2D eigenvalue weighted by molar-refractivity contribution is -0.137. The summed E-state index contributed by atoms with van der Waals surface area (Å²) >= 11 is 0. The maximum absolute atomic E-state index is 10.2. The van der Waals surface area contributed by atoms with Gasteiger partial charge in [0.05, 0.1) is 12.8 Å². The van der Waals surface area contributed by atoms with Crippen molar-refractivity contribution in [3.05, 3.63) is 12.5 Å². The Balaban J connectivity index is 2.33. The van der Waals surface area contributed by atoms with Gasteiger partial charge in [-0.3, -0.25) is 4.79 Å². The van der Waals surface area contributed by atoms with Gasteiger partial charge in [0, 0.05) is 6.20 Å². The van der Waals surface area contributed by atoms with Crippen molar-refractivity contribution in [2.45, 2.75) is 0 Å². The van der Waals surface area contributed by atoms with Crippen LogP contribution in [-0.2, 0) is 9.53 Å². The molecule has 1 aliphatic heterocycles. The summed E-state index contributed by atoms with van der Waals surface area (Å²) in [6.45, 7) is 1.28. The molecule has 0 aromatic heterocycles. The molecule has 1 N–H and O–H groups in total. The zero-order chi connectivity index (χ0) is 7.40. The van der Waals surface area contributed by atoms with Gasteiger partial charge >= 0.3 is 5.97 Å². The predicted octanol–water partition coefficient (Wildman–Crippen LogP) is -0.126. The number of carbonyl (C=O) groups is 1. The fourth-order valence-corrected chi connectivity index (χ4v) is 0.747. The number of carboxylic acid groups (broad SMARTS) is 1. The lowest BCUT2D eigenvalue weighted by Gasteiger charge is -2.20. The Kier molecular flexibility index (Phi) is 2.15. The smallest absolute Gasteiger partial charge is 0.323 e. The van der Waals surface area contributed by atoms with Crippen LogP contribution in [0.5, 0.6) is 0 Å². The molecule has 10 heavy (non-hydrogen) atoms. The van der Waals surface area contributed by atoms with Gasteiger partial charge in [0.2, 0.25) is 0 Å². The van der Waals surface area contributed by atoms with Gasteiger partial charge in [0.15, 0.2) is 0 Å². The van der Waals surface area contributed by atoms with E-state index in [0.29, 0.717) is 13.2 Å². The van der Waals surface area contributed by atoms with Gasteiger partial charge in [-0.2, -0.15) is 0 Å². The number of carboxylic acids is 1. The van der Waals surface area contributed by atoms with Crippen LogP contribution in [0.15, 0.2) is 12.5 Å². The molecule has 0 spiro atoms. The monoisotopic (exact) mass is 143 g/mol. The first-order valence-electron chi connectivity index (χ1n) is 3.03. The van der Waals surface area contributed by atoms with Crippen LogP contribution in [0.2, 0.25) is 0 Å². The molecule has 4 nitrogen and oxygen atoms in total. The number of aliphatic carboxylic acids is 1. The van der Waals surface area contributed by atoms with Crippen molar-refractivity contribution in [2.24, 2.45) is 0 Å². The molecule has 1 heterocycles. The second-order valence-corrected chi connectivity index (χ2v) is 2.02. The van der Waals surface area contributed by atoms with Crippen LogP contribution < -0.4 is 0 Å². The van der Waals surface area contributed by atoms with Gasteiger partial charge in [-0.1, -0.05) is 0 Å². The number of hydrogen-bond acceptors (Lipinski definition) is 3. The fraction of sp³-hybridized carbons (Fsp3) is 0.500. The van der Waals surface area contributed by atoms with Crippen molar-refractivity contribution in [2.75, 3.05) is 19.7 Å². The lowest BCUT2D eigenvalue weighted by Crippen LogP contribution is -2.30. The molecule has 0 aromatic rings. The predicted molar refractivity (Wildman–Crippen MR) is 34.3 cm³/mol. The van der Waals surface area contributed by atoms with Gasteiger partial charge in [-0.05, 0) is 0 Å². The standard InChI is InChI=1S/C6H9NO3/c8-6(9)5-7-1-3-10-4-2-7/h1,3H,2,4-5H2,(H,8,9). The summed E-state index contributed by atoms with van der Waals surface area (Å²) in [6, 6.07) is 0. The molecule has 0 saturated heterocycles. The average molecular weight is 143 g/mol. The minimum absolute atomic E-state index is 0.0554. The van der Waals surface area contributed by atoms with Crippen LogP contribution in [0.3, 0.4) is 0 Å². The molecule has 0 fully saturated rings. The molecular formula is C6H9NO3. The second kappa shape index (κ2) is 3.10. The molecular weight excluding hydrogens is 134 g/mol. The van der Waals surface area contributed by atoms with Crippen LogP contribution in [0.25, 0.3) is 0 Å². The fourth-order valence-electron chi connectivity index (χ4n) is 0.747. The van der Waals surface area contributed by atoms with Crippen LogP contribution in [0.4, 0.5) is 0 Å². The van der Waals surface area contributed by atoms with Crippen molar-refractivity contribution < 1.29 is 14.6 Å². The third-order valence-electron chi connectivity index (χ3n) is 1.20. The van der Waals surface area contributed by atoms with Crippen LogP contribution in [-0.4, -0.2) is 35.7 Å². The van der Waals surface area contributed by atoms with Crippen LogP contribution in [0.1, 0.15) is 0 Å². The van der Waals surface area contributed by atoms with E-state index in [0.717, 1.165) is 0 Å². The topological polar surface area (TPSA) is 49.8 Å². The largest absolute Gasteiger partial charge is 0.498 e. The molecule has 0 amide bonds. The van der Waals surface area contributed by atoms with Crippen molar-refractivity contribution in [1.82, 2.24) is 4.90 Å². The summed E-state index contributed by atoms with van der Waals surface area (Å²) in [7, 11) is 0. The highest BCUT2D eigenvalue weighted by molar-refractivity contribution is 5.69. The molecule has 0 bridgehead atoms. The van der Waals surface area contributed by atoms with Crippen molar-refractivity contribution in [1.29, 1.82) is 0 Å². The molecule has 0 aliphatic carbocycles. The molecule has 0 saturated carbocycles. The van der Waals surface area contributed by atoms with Crippen molar-refractivity contribution in [3.8, 4) is 0 Å². The van der Waals surface area contributed by atoms with Crippen molar-refractivity contribution >= 4 is 5.97 Å². The summed E-state index contributed by atoms with van der Waals surface area (Å²) in [4.78, 5) is 11.8. The molecule has 0 unspecified atom stereocenters. The number of nitrogens with zero attached hydrogens (tertiary/aromatic N) is 1. The third-order valence-corrected chi connectivity index (χ3v) is 1.20. The Morgan fingerprint density at radius 3 is 3.10 bits per heavy atom. The van der Waals surface area contributed by atoms with Gasteiger partial charge < -0.3 is 14.7 Å². The third kappa shape index (κ3) is 1.97. The Morgan fingerprint density at radius 1 is 1.80 bits per heavy atom. The highest BCUT2D eigenvalue weighted by Crippen LogP contribution is 1.96. The number of ether oxygens (including phenoxy) is 1. The summed E-state index contributed by atoms with van der Waals surface area (Å²) in [5.74, 6) is -0.813. The molecule has 4 heteroatoms. The van der Waals surface area contributed by atoms with E-state index in [-0.39, 0.29) is 6.54 Å². The Hall–Kier alpha value is -1.19. The van der Waals surface area contributed by atoms with E-state index in [1.165, 1.54) is 6.26 Å². The summed E-state index contributed by atoms with van der Waals surface area (Å²) in [6.07, 6.45) is 3.14. The minimum atomic E-state index is -0.813. The van der Waals surface area contributed by atoms with E-state index >= 15 is 0 Å². The molecule has 0 aromatic carbocycles. The first kappa shape index (κ1) is 6.92. The second-order valence-electron chi connectivity index (χ2n) is 2.02. The van der Waals surface area contributed by atoms with Crippen LogP contribution >= 0.6 is 0 Å². The van der Waals surface area contributed by atoms with Crippen molar-refractivity contribution in [3.63, 3.8) is 0 Å². The minimum Gasteiger partial charge on any atom is -0.498 e. The summed E-state index contributed by atoms with van der Waals surface area (Å²) < 4.78 is 4.87. The summed E-state index contributed by atoms with van der Waals surface area (Å²) in [5, 5.41) is 8.35. The Bertz CT molecular complexity index is 155. The quantitative estimate of drug-likeness (QED) is 0.585. The number of rotatable bonds is 2. The maximum Gasteiger partial charge on any atom is 0.323 e. The lowest BCUT2D eigenvalue weighted by atomic mass is 10.5. The Labute approximate surface area is 58.7 Å². The van der Waals surface area contributed by atoms with E-state index in [4.69, 9.17) is 9.84 Å². The maximum atomic E-state index is 10.2. The first-order valence-corrected chi connectivity index (χ1v) is 3.03. The highest BCUT2D eigenvalue weighted by atomic mass is 16.5. The SMILES string of the molecule is O=C(O)CN1C=COCC1. The molecule has 1 rings (SSSR count). The van der Waals surface area contributed by atoms with Crippen LogP contribution in [0, 0.1) is 0 Å².